The molecule has 0 aromatic carbocycles. The molecule has 0 radical (unpaired) electrons. The zero-order valence-corrected chi connectivity index (χ0v) is 67.3. The molecular formula is C81H158O17P2. The number of phosphoric ester groups is 2. The van der Waals surface area contributed by atoms with Crippen LogP contribution in [0.1, 0.15) is 427 Å². The highest BCUT2D eigenvalue weighted by Crippen LogP contribution is 2.45. The fourth-order valence-electron chi connectivity index (χ4n) is 12.5. The van der Waals surface area contributed by atoms with Gasteiger partial charge in [-0.1, -0.05) is 375 Å². The van der Waals surface area contributed by atoms with Crippen molar-refractivity contribution in [3.63, 3.8) is 0 Å². The summed E-state index contributed by atoms with van der Waals surface area (Å²) >= 11 is 0. The summed E-state index contributed by atoms with van der Waals surface area (Å²) in [6.07, 6.45) is 62.5. The van der Waals surface area contributed by atoms with Crippen LogP contribution < -0.4 is 0 Å². The van der Waals surface area contributed by atoms with Gasteiger partial charge in [0.05, 0.1) is 26.4 Å². The molecule has 100 heavy (non-hydrogen) atoms. The van der Waals surface area contributed by atoms with Crippen molar-refractivity contribution in [1.29, 1.82) is 0 Å². The topological polar surface area (TPSA) is 237 Å². The van der Waals surface area contributed by atoms with Gasteiger partial charge < -0.3 is 33.8 Å². The molecule has 17 nitrogen and oxygen atoms in total. The van der Waals surface area contributed by atoms with Gasteiger partial charge in [0, 0.05) is 25.7 Å². The molecule has 0 aliphatic rings. The Morgan fingerprint density at radius 2 is 0.460 bits per heavy atom. The molecule has 0 rings (SSSR count). The van der Waals surface area contributed by atoms with Crippen molar-refractivity contribution in [2.24, 2.45) is 11.8 Å². The predicted octanol–water partition coefficient (Wildman–Crippen LogP) is 24.3. The van der Waals surface area contributed by atoms with Crippen LogP contribution >= 0.6 is 15.6 Å². The lowest BCUT2D eigenvalue weighted by molar-refractivity contribution is -0.161. The van der Waals surface area contributed by atoms with E-state index >= 15 is 0 Å². The van der Waals surface area contributed by atoms with Gasteiger partial charge in [0.15, 0.2) is 12.2 Å². The molecule has 3 N–H and O–H groups in total. The number of ether oxygens (including phenoxy) is 4. The number of carbonyl (C=O) groups is 4. The van der Waals surface area contributed by atoms with Gasteiger partial charge in [0.2, 0.25) is 0 Å². The van der Waals surface area contributed by atoms with Crippen molar-refractivity contribution in [1.82, 2.24) is 0 Å². The first-order valence-corrected chi connectivity index (χ1v) is 45.0. The number of unbranched alkanes of at least 4 members (excludes halogenated alkanes) is 50. The molecule has 0 spiro atoms. The molecule has 2 unspecified atom stereocenters. The summed E-state index contributed by atoms with van der Waals surface area (Å²) in [7, 11) is -9.92. The second kappa shape index (κ2) is 72.6. The van der Waals surface area contributed by atoms with E-state index in [1.165, 1.54) is 244 Å². The maximum atomic E-state index is 13.1. The van der Waals surface area contributed by atoms with Gasteiger partial charge in [0.1, 0.15) is 19.3 Å². The van der Waals surface area contributed by atoms with E-state index in [1.807, 2.05) is 0 Å². The second-order valence-corrected chi connectivity index (χ2v) is 33.0. The highest BCUT2D eigenvalue weighted by molar-refractivity contribution is 7.47. The Hall–Kier alpha value is -1.94. The van der Waals surface area contributed by atoms with Crippen molar-refractivity contribution in [2.45, 2.75) is 445 Å². The quantitative estimate of drug-likeness (QED) is 0.0222. The maximum absolute atomic E-state index is 13.1. The minimum absolute atomic E-state index is 0.106. The van der Waals surface area contributed by atoms with Crippen LogP contribution in [0.2, 0.25) is 0 Å². The molecule has 594 valence electrons. The predicted molar refractivity (Wildman–Crippen MR) is 409 cm³/mol. The van der Waals surface area contributed by atoms with Crippen LogP contribution in [-0.2, 0) is 65.4 Å². The summed E-state index contributed by atoms with van der Waals surface area (Å²) in [5, 5.41) is 10.6. The molecule has 0 fully saturated rings. The third-order valence-electron chi connectivity index (χ3n) is 19.0. The monoisotopic (exact) mass is 1470 g/mol. The first kappa shape index (κ1) is 98.1. The van der Waals surface area contributed by atoms with E-state index in [9.17, 15) is 43.2 Å². The fraction of sp³-hybridized carbons (Fsp3) is 0.951. The van der Waals surface area contributed by atoms with Crippen LogP contribution in [0.25, 0.3) is 0 Å². The van der Waals surface area contributed by atoms with Gasteiger partial charge in [-0.25, -0.2) is 9.13 Å². The standard InChI is InChI=1S/C81H158O17P2/c1-7-9-11-13-15-17-19-21-23-25-27-29-31-35-39-47-53-59-65-80(85)97-76(69-91-78(83)63-57-51-45-38-34-30-28-26-24-22-20-18-16-14-12-10-8-2)71-95-99(87,88)93-67-75(82)68-94-100(89,90)96-72-77(70-92-79(84)64-58-52-46-42-41-44-50-56-62-74(5)6)98-81(86)66-60-54-48-40-36-32-33-37-43-49-55-61-73(3)4/h73-77,82H,7-72H2,1-6H3,(H,87,88)(H,89,90)/t75-,76-,77-/m1/s1. The summed E-state index contributed by atoms with van der Waals surface area (Å²) in [6, 6.07) is 0. The first-order valence-electron chi connectivity index (χ1n) is 42.0. The Bertz CT molecular complexity index is 1920. The molecule has 0 saturated carbocycles. The molecule has 0 amide bonds. The van der Waals surface area contributed by atoms with E-state index in [2.05, 4.69) is 41.5 Å². The Labute approximate surface area is 613 Å². The number of phosphoric acid groups is 2. The van der Waals surface area contributed by atoms with E-state index in [4.69, 9.17) is 37.0 Å². The molecule has 0 bridgehead atoms. The smallest absolute Gasteiger partial charge is 0.462 e. The van der Waals surface area contributed by atoms with Crippen LogP contribution in [0.3, 0.4) is 0 Å². The van der Waals surface area contributed by atoms with E-state index < -0.39 is 97.5 Å². The number of esters is 4. The number of aliphatic hydroxyl groups is 1. The highest BCUT2D eigenvalue weighted by Gasteiger charge is 2.30. The second-order valence-electron chi connectivity index (χ2n) is 30.1. The Balaban J connectivity index is 5.25. The molecule has 0 saturated heterocycles. The number of hydrogen-bond acceptors (Lipinski definition) is 15. The SMILES string of the molecule is CCCCCCCCCCCCCCCCCCCCC(=O)O[C@H](COC(=O)CCCCCCCCCCCCCCCCCCC)COP(=O)(O)OC[C@@H](O)COP(=O)(O)OC[C@@H](COC(=O)CCCCCCCCCCC(C)C)OC(=O)CCCCCCCCCCCCCC(C)C. The summed E-state index contributed by atoms with van der Waals surface area (Å²) < 4.78 is 68.7. The number of hydrogen-bond donors (Lipinski definition) is 3. The van der Waals surface area contributed by atoms with Crippen LogP contribution in [0.4, 0.5) is 0 Å². The lowest BCUT2D eigenvalue weighted by atomic mass is 10.0. The number of carbonyl (C=O) groups excluding carboxylic acids is 4. The minimum atomic E-state index is -4.96. The molecular weight excluding hydrogens is 1310 g/mol. The molecule has 19 heteroatoms. The summed E-state index contributed by atoms with van der Waals surface area (Å²) in [6.45, 7) is 9.60. The summed E-state index contributed by atoms with van der Waals surface area (Å²) in [5.41, 5.74) is 0. The number of aliphatic hydroxyl groups excluding tert-OH is 1. The summed E-state index contributed by atoms with van der Waals surface area (Å²) in [4.78, 5) is 73.0. The number of rotatable bonds is 80. The lowest BCUT2D eigenvalue weighted by Crippen LogP contribution is -2.30. The largest absolute Gasteiger partial charge is 0.472 e. The van der Waals surface area contributed by atoms with E-state index in [0.717, 1.165) is 102 Å². The minimum Gasteiger partial charge on any atom is -0.462 e. The van der Waals surface area contributed by atoms with E-state index in [0.29, 0.717) is 25.7 Å². The average molecular weight is 1470 g/mol. The molecule has 0 aliphatic heterocycles. The Kier molecular flexibility index (Phi) is 71.2. The lowest BCUT2D eigenvalue weighted by Gasteiger charge is -2.21. The molecule has 0 aliphatic carbocycles. The maximum Gasteiger partial charge on any atom is 0.472 e. The molecule has 0 heterocycles. The van der Waals surface area contributed by atoms with Crippen LogP contribution in [0, 0.1) is 11.8 Å². The van der Waals surface area contributed by atoms with Crippen molar-refractivity contribution in [3.8, 4) is 0 Å². The van der Waals surface area contributed by atoms with Gasteiger partial charge in [-0.15, -0.1) is 0 Å². The van der Waals surface area contributed by atoms with Crippen LogP contribution in [-0.4, -0.2) is 96.7 Å². The van der Waals surface area contributed by atoms with Gasteiger partial charge in [-0.05, 0) is 37.5 Å². The molecule has 0 aromatic heterocycles. The normalized spacial score (nSPS) is 13.9. The first-order chi connectivity index (χ1) is 48.4. The summed E-state index contributed by atoms with van der Waals surface area (Å²) in [5.74, 6) is -0.617. The Morgan fingerprint density at radius 1 is 0.270 bits per heavy atom. The Morgan fingerprint density at radius 3 is 0.680 bits per heavy atom. The zero-order chi connectivity index (χ0) is 73.5. The third-order valence-corrected chi connectivity index (χ3v) is 20.9. The van der Waals surface area contributed by atoms with Gasteiger partial charge in [-0.3, -0.25) is 37.3 Å². The highest BCUT2D eigenvalue weighted by atomic mass is 31.2. The average Bonchev–Trinajstić information content (AvgIpc) is 0.919. The van der Waals surface area contributed by atoms with Gasteiger partial charge in [-0.2, -0.15) is 0 Å². The fourth-order valence-corrected chi connectivity index (χ4v) is 14.1. The third kappa shape index (κ3) is 74.3. The van der Waals surface area contributed by atoms with Crippen LogP contribution in [0.5, 0.6) is 0 Å². The van der Waals surface area contributed by atoms with Crippen molar-refractivity contribution in [3.05, 3.63) is 0 Å². The van der Waals surface area contributed by atoms with Crippen molar-refractivity contribution >= 4 is 39.5 Å². The molecule has 0 aromatic rings. The van der Waals surface area contributed by atoms with E-state index in [1.54, 1.807) is 0 Å². The van der Waals surface area contributed by atoms with E-state index in [-0.39, 0.29) is 25.7 Å². The van der Waals surface area contributed by atoms with Crippen molar-refractivity contribution < 1.29 is 80.2 Å². The van der Waals surface area contributed by atoms with Gasteiger partial charge >= 0.3 is 39.5 Å². The van der Waals surface area contributed by atoms with Crippen molar-refractivity contribution in [2.75, 3.05) is 39.6 Å². The zero-order valence-electron chi connectivity index (χ0n) is 65.5. The van der Waals surface area contributed by atoms with Crippen LogP contribution in [0.15, 0.2) is 0 Å². The van der Waals surface area contributed by atoms with Gasteiger partial charge in [0.25, 0.3) is 0 Å². The molecule has 5 atom stereocenters.